The maximum atomic E-state index is 12.0. The zero-order valence-electron chi connectivity index (χ0n) is 11.6. The number of aryl methyl sites for hydroxylation is 1. The number of aliphatic hydroxyl groups excluding tert-OH is 1. The second kappa shape index (κ2) is 5.32. The zero-order valence-corrected chi connectivity index (χ0v) is 11.6. The topological polar surface area (TPSA) is 153 Å². The Kier molecular flexibility index (Phi) is 3.83. The van der Waals surface area contributed by atoms with Crippen molar-refractivity contribution >= 4 is 0 Å². The van der Waals surface area contributed by atoms with Gasteiger partial charge in [-0.15, -0.1) is 6.42 Å². The molecule has 10 heteroatoms. The van der Waals surface area contributed by atoms with Crippen molar-refractivity contribution in [1.29, 1.82) is 0 Å². The normalized spacial score (nSPS) is 30.5. The molecule has 0 aromatic carbocycles. The first kappa shape index (κ1) is 15.8. The van der Waals surface area contributed by atoms with Gasteiger partial charge in [-0.1, -0.05) is 5.11 Å². The molecule has 1 fully saturated rings. The minimum atomic E-state index is -2.13. The van der Waals surface area contributed by atoms with Crippen LogP contribution in [0.5, 0.6) is 0 Å². The lowest BCUT2D eigenvalue weighted by Crippen LogP contribution is -2.44. The second-order valence-corrected chi connectivity index (χ2v) is 4.90. The summed E-state index contributed by atoms with van der Waals surface area (Å²) in [5.41, 5.74) is 3.37. The van der Waals surface area contributed by atoms with Crippen molar-refractivity contribution in [2.75, 3.05) is 6.61 Å². The van der Waals surface area contributed by atoms with E-state index in [-0.39, 0.29) is 5.56 Å². The molecule has 116 valence electrons. The van der Waals surface area contributed by atoms with E-state index in [1.165, 1.54) is 13.1 Å². The summed E-state index contributed by atoms with van der Waals surface area (Å²) in [5, 5.41) is 22.8. The number of ether oxygens (including phenoxy) is 1. The average molecular weight is 307 g/mol. The van der Waals surface area contributed by atoms with Crippen molar-refractivity contribution in [3.05, 3.63) is 43.0 Å². The standard InChI is InChI=1S/C12H13N5O5/c1-3-11(17-4-7(2)9(19)14-10(17)20)6-12(21,15-16-13)8(5-18)22-11/h1,4,8,18,21H,5-6H2,2H3,(H,14,19,20)/t8-,11-,12+/m1/s1. The number of hydrogen-bond acceptors (Lipinski definition) is 6. The maximum absolute atomic E-state index is 12.0. The van der Waals surface area contributed by atoms with Crippen LogP contribution in [0.4, 0.5) is 0 Å². The molecular formula is C12H13N5O5. The molecule has 0 unspecified atom stereocenters. The quantitative estimate of drug-likeness (QED) is 0.280. The van der Waals surface area contributed by atoms with Crippen LogP contribution in [0.3, 0.4) is 0 Å². The summed E-state index contributed by atoms with van der Waals surface area (Å²) in [6.07, 6.45) is 4.83. The molecule has 0 spiro atoms. The van der Waals surface area contributed by atoms with E-state index in [1.54, 1.807) is 0 Å². The Hall–Kier alpha value is -2.57. The van der Waals surface area contributed by atoms with Gasteiger partial charge in [0.2, 0.25) is 5.72 Å². The van der Waals surface area contributed by atoms with Gasteiger partial charge in [0.1, 0.15) is 6.10 Å². The van der Waals surface area contributed by atoms with Crippen molar-refractivity contribution in [3.8, 4) is 12.3 Å². The zero-order chi connectivity index (χ0) is 16.5. The average Bonchev–Trinajstić information content (AvgIpc) is 2.76. The largest absolute Gasteiger partial charge is 0.394 e. The molecule has 22 heavy (non-hydrogen) atoms. The lowest BCUT2D eigenvalue weighted by molar-refractivity contribution is -0.103. The van der Waals surface area contributed by atoms with E-state index in [2.05, 4.69) is 20.9 Å². The smallest absolute Gasteiger partial charge is 0.331 e. The molecule has 1 saturated heterocycles. The minimum Gasteiger partial charge on any atom is -0.394 e. The minimum absolute atomic E-state index is 0.192. The SMILES string of the molecule is C#C[C@]1(n2cc(C)c(=O)[nH]c2=O)C[C@@](O)(N=[N+]=[N-])[C@@H](CO)O1. The molecule has 0 aliphatic carbocycles. The second-order valence-electron chi connectivity index (χ2n) is 4.90. The third kappa shape index (κ3) is 2.28. The molecule has 0 amide bonds. The predicted molar refractivity (Wildman–Crippen MR) is 73.5 cm³/mol. The van der Waals surface area contributed by atoms with E-state index in [0.29, 0.717) is 0 Å². The Morgan fingerprint density at radius 1 is 1.73 bits per heavy atom. The summed E-state index contributed by atoms with van der Waals surface area (Å²) in [5.74, 6) is 2.22. The Morgan fingerprint density at radius 3 is 2.95 bits per heavy atom. The summed E-state index contributed by atoms with van der Waals surface area (Å²) < 4.78 is 6.33. The van der Waals surface area contributed by atoms with Crippen molar-refractivity contribution < 1.29 is 14.9 Å². The number of nitrogens with one attached hydrogen (secondary N) is 1. The molecule has 0 radical (unpaired) electrons. The van der Waals surface area contributed by atoms with Gasteiger partial charge in [0, 0.05) is 23.1 Å². The van der Waals surface area contributed by atoms with Crippen LogP contribution >= 0.6 is 0 Å². The fourth-order valence-electron chi connectivity index (χ4n) is 2.33. The molecule has 3 atom stereocenters. The monoisotopic (exact) mass is 307 g/mol. The van der Waals surface area contributed by atoms with Gasteiger partial charge in [-0.25, -0.2) is 4.79 Å². The third-order valence-corrected chi connectivity index (χ3v) is 3.47. The predicted octanol–water partition coefficient (Wildman–Crippen LogP) is -1.09. The molecule has 1 aliphatic rings. The van der Waals surface area contributed by atoms with Gasteiger partial charge in [0.05, 0.1) is 6.61 Å². The van der Waals surface area contributed by atoms with Crippen LogP contribution in [0.25, 0.3) is 10.4 Å². The van der Waals surface area contributed by atoms with E-state index in [0.717, 1.165) is 4.57 Å². The van der Waals surface area contributed by atoms with Crippen LogP contribution in [0.2, 0.25) is 0 Å². The van der Waals surface area contributed by atoms with Gasteiger partial charge in [0.25, 0.3) is 5.56 Å². The summed E-state index contributed by atoms with van der Waals surface area (Å²) in [4.78, 5) is 28.0. The van der Waals surface area contributed by atoms with Gasteiger partial charge in [-0.2, -0.15) is 0 Å². The Morgan fingerprint density at radius 2 is 2.41 bits per heavy atom. The van der Waals surface area contributed by atoms with Gasteiger partial charge >= 0.3 is 5.69 Å². The fourth-order valence-corrected chi connectivity index (χ4v) is 2.33. The highest BCUT2D eigenvalue weighted by molar-refractivity contribution is 5.16. The van der Waals surface area contributed by atoms with E-state index < -0.39 is 41.8 Å². The lowest BCUT2D eigenvalue weighted by atomic mass is 10.0. The molecule has 2 heterocycles. The van der Waals surface area contributed by atoms with Crippen LogP contribution in [-0.4, -0.2) is 38.2 Å². The number of rotatable bonds is 3. The van der Waals surface area contributed by atoms with Crippen LogP contribution < -0.4 is 11.2 Å². The molecule has 0 bridgehead atoms. The number of H-pyrrole nitrogens is 1. The van der Waals surface area contributed by atoms with Crippen molar-refractivity contribution in [3.63, 3.8) is 0 Å². The van der Waals surface area contributed by atoms with Crippen molar-refractivity contribution in [2.45, 2.75) is 30.9 Å². The molecule has 1 aliphatic heterocycles. The van der Waals surface area contributed by atoms with E-state index >= 15 is 0 Å². The van der Waals surface area contributed by atoms with Crippen LogP contribution in [0, 0.1) is 19.3 Å². The van der Waals surface area contributed by atoms with Crippen LogP contribution in [-0.2, 0) is 10.5 Å². The van der Waals surface area contributed by atoms with Gasteiger partial charge in [0.15, 0.2) is 5.72 Å². The Labute approximate surface area is 123 Å². The van der Waals surface area contributed by atoms with Gasteiger partial charge in [-0.3, -0.25) is 14.3 Å². The molecule has 2 rings (SSSR count). The van der Waals surface area contributed by atoms with E-state index in [4.69, 9.17) is 16.7 Å². The molecular weight excluding hydrogens is 294 g/mol. The number of azide groups is 1. The third-order valence-electron chi connectivity index (χ3n) is 3.47. The molecule has 1 aromatic rings. The number of aliphatic hydroxyl groups is 2. The lowest BCUT2D eigenvalue weighted by Gasteiger charge is -2.25. The molecule has 1 aromatic heterocycles. The maximum Gasteiger partial charge on any atom is 0.331 e. The van der Waals surface area contributed by atoms with Gasteiger partial charge < -0.3 is 14.9 Å². The first-order chi connectivity index (χ1) is 10.3. The Bertz CT molecular complexity index is 801. The van der Waals surface area contributed by atoms with E-state index in [9.17, 15) is 19.8 Å². The summed E-state index contributed by atoms with van der Waals surface area (Å²) >= 11 is 0. The highest BCUT2D eigenvalue weighted by atomic mass is 16.6. The summed E-state index contributed by atoms with van der Waals surface area (Å²) in [6.45, 7) is 0.771. The van der Waals surface area contributed by atoms with Crippen molar-refractivity contribution in [2.24, 2.45) is 5.11 Å². The number of aromatic amines is 1. The van der Waals surface area contributed by atoms with E-state index in [1.807, 2.05) is 0 Å². The first-order valence-corrected chi connectivity index (χ1v) is 6.20. The number of nitrogens with zero attached hydrogens (tertiary/aromatic N) is 4. The van der Waals surface area contributed by atoms with Crippen LogP contribution in [0.1, 0.15) is 12.0 Å². The Balaban J connectivity index is 2.65. The molecule has 0 saturated carbocycles. The number of hydrogen-bond donors (Lipinski definition) is 3. The summed E-state index contributed by atoms with van der Waals surface area (Å²) in [6, 6.07) is 0. The summed E-state index contributed by atoms with van der Waals surface area (Å²) in [7, 11) is 0. The molecule has 10 nitrogen and oxygen atoms in total. The number of terminal acetylenes is 1. The fraction of sp³-hybridized carbons (Fsp3) is 0.500. The highest BCUT2D eigenvalue weighted by Crippen LogP contribution is 2.41. The van der Waals surface area contributed by atoms with Crippen molar-refractivity contribution in [1.82, 2.24) is 9.55 Å². The first-order valence-electron chi connectivity index (χ1n) is 6.20. The van der Waals surface area contributed by atoms with Crippen LogP contribution in [0.15, 0.2) is 20.9 Å². The highest BCUT2D eigenvalue weighted by Gasteiger charge is 2.56. The van der Waals surface area contributed by atoms with Gasteiger partial charge in [-0.05, 0) is 18.4 Å². The number of aromatic nitrogens is 2. The molecule has 3 N–H and O–H groups in total.